The van der Waals surface area contributed by atoms with E-state index in [1.165, 1.54) is 4.68 Å². The number of carboxylic acid groups (broad SMARTS) is 1. The van der Waals surface area contributed by atoms with Crippen molar-refractivity contribution in [3.8, 4) is 0 Å². The fraction of sp³-hybridized carbons (Fsp3) is 0.636. The second-order valence-corrected chi connectivity index (χ2v) is 7.43. The lowest BCUT2D eigenvalue weighted by Crippen LogP contribution is -2.30. The summed E-state index contributed by atoms with van der Waals surface area (Å²) < 4.78 is 28.3. The summed E-state index contributed by atoms with van der Waals surface area (Å²) in [6.07, 6.45) is 1.90. The van der Waals surface area contributed by atoms with E-state index in [0.29, 0.717) is 17.9 Å². The SMILES string of the molecule is CSC(C)CNS(=O)(=O)c1c(C)nn(CC(=O)O)c1C. The minimum absolute atomic E-state index is 0.0621. The molecule has 1 aromatic rings. The topological polar surface area (TPSA) is 101 Å². The number of nitrogens with zero attached hydrogens (tertiary/aromatic N) is 2. The molecule has 9 heteroatoms. The lowest BCUT2D eigenvalue weighted by molar-refractivity contribution is -0.137. The maximum absolute atomic E-state index is 12.3. The number of aromatic nitrogens is 2. The predicted molar refractivity (Wildman–Crippen MR) is 77.5 cm³/mol. The summed E-state index contributed by atoms with van der Waals surface area (Å²) in [6, 6.07) is 0. The van der Waals surface area contributed by atoms with Gasteiger partial charge in [0, 0.05) is 11.8 Å². The average Bonchev–Trinajstić information content (AvgIpc) is 2.61. The van der Waals surface area contributed by atoms with Crippen molar-refractivity contribution in [2.45, 2.75) is 37.5 Å². The quantitative estimate of drug-likeness (QED) is 0.763. The molecule has 1 atom stereocenters. The van der Waals surface area contributed by atoms with Gasteiger partial charge >= 0.3 is 5.97 Å². The zero-order valence-electron chi connectivity index (χ0n) is 11.9. The standard InChI is InChI=1S/C11H19N3O4S2/c1-7(19-4)5-12-20(17,18)11-8(2)13-14(9(11)3)6-10(15)16/h7,12H,5-6H2,1-4H3,(H,15,16). The molecule has 0 spiro atoms. The van der Waals surface area contributed by atoms with Crippen molar-refractivity contribution < 1.29 is 18.3 Å². The van der Waals surface area contributed by atoms with Gasteiger partial charge in [-0.05, 0) is 20.1 Å². The van der Waals surface area contributed by atoms with Crippen LogP contribution in [-0.2, 0) is 21.4 Å². The summed E-state index contributed by atoms with van der Waals surface area (Å²) in [6.45, 7) is 4.98. The van der Waals surface area contributed by atoms with Crippen LogP contribution in [0.25, 0.3) is 0 Å². The maximum Gasteiger partial charge on any atom is 0.325 e. The van der Waals surface area contributed by atoms with Crippen LogP contribution in [0, 0.1) is 13.8 Å². The molecule has 0 saturated heterocycles. The summed E-state index contributed by atoms with van der Waals surface area (Å²) in [7, 11) is -3.68. The molecule has 0 radical (unpaired) electrons. The zero-order chi connectivity index (χ0) is 15.5. The largest absolute Gasteiger partial charge is 0.480 e. The molecule has 1 heterocycles. The highest BCUT2D eigenvalue weighted by Crippen LogP contribution is 2.19. The van der Waals surface area contributed by atoms with Crippen LogP contribution in [-0.4, -0.2) is 47.3 Å². The fourth-order valence-corrected chi connectivity index (χ4v) is 3.63. The Morgan fingerprint density at radius 2 is 2.10 bits per heavy atom. The number of nitrogens with one attached hydrogen (secondary N) is 1. The third kappa shape index (κ3) is 3.97. The van der Waals surface area contributed by atoms with E-state index in [1.54, 1.807) is 25.6 Å². The second kappa shape index (κ2) is 6.59. The van der Waals surface area contributed by atoms with Gasteiger partial charge < -0.3 is 5.11 Å². The van der Waals surface area contributed by atoms with Crippen molar-refractivity contribution in [1.82, 2.24) is 14.5 Å². The van der Waals surface area contributed by atoms with Gasteiger partial charge in [0.25, 0.3) is 0 Å². The van der Waals surface area contributed by atoms with Crippen LogP contribution < -0.4 is 4.72 Å². The Kier molecular flexibility index (Phi) is 5.60. The molecule has 0 aliphatic carbocycles. The van der Waals surface area contributed by atoms with Gasteiger partial charge in [0.1, 0.15) is 11.4 Å². The number of aryl methyl sites for hydroxylation is 1. The molecule has 0 bridgehead atoms. The highest BCUT2D eigenvalue weighted by Gasteiger charge is 2.25. The third-order valence-electron chi connectivity index (χ3n) is 2.83. The molecule has 2 N–H and O–H groups in total. The molecule has 0 fully saturated rings. The monoisotopic (exact) mass is 321 g/mol. The Morgan fingerprint density at radius 3 is 2.60 bits per heavy atom. The molecule has 0 aliphatic rings. The number of aliphatic carboxylic acids is 1. The van der Waals surface area contributed by atoms with Gasteiger partial charge in [-0.2, -0.15) is 16.9 Å². The number of sulfonamides is 1. The number of hydrogen-bond donors (Lipinski definition) is 2. The first-order valence-electron chi connectivity index (χ1n) is 5.97. The molecule has 0 saturated carbocycles. The minimum Gasteiger partial charge on any atom is -0.480 e. The van der Waals surface area contributed by atoms with Gasteiger partial charge in [0.2, 0.25) is 10.0 Å². The van der Waals surface area contributed by atoms with E-state index in [0.717, 1.165) is 0 Å². The molecular weight excluding hydrogens is 302 g/mol. The molecule has 20 heavy (non-hydrogen) atoms. The highest BCUT2D eigenvalue weighted by atomic mass is 32.2. The Bertz CT molecular complexity index is 595. The molecule has 1 unspecified atom stereocenters. The Morgan fingerprint density at radius 1 is 1.50 bits per heavy atom. The minimum atomic E-state index is -3.68. The highest BCUT2D eigenvalue weighted by molar-refractivity contribution is 7.99. The van der Waals surface area contributed by atoms with Gasteiger partial charge in [0.15, 0.2) is 0 Å². The van der Waals surface area contributed by atoms with Gasteiger partial charge in [-0.15, -0.1) is 0 Å². The predicted octanol–water partition coefficient (Wildman–Crippen LogP) is 0.614. The van der Waals surface area contributed by atoms with E-state index in [9.17, 15) is 13.2 Å². The van der Waals surface area contributed by atoms with Crippen LogP contribution in [0.2, 0.25) is 0 Å². The first-order valence-corrected chi connectivity index (χ1v) is 8.74. The van der Waals surface area contributed by atoms with Crippen molar-refractivity contribution in [1.29, 1.82) is 0 Å². The van der Waals surface area contributed by atoms with Crippen molar-refractivity contribution in [2.75, 3.05) is 12.8 Å². The van der Waals surface area contributed by atoms with Crippen molar-refractivity contribution in [2.24, 2.45) is 0 Å². The molecule has 1 aromatic heterocycles. The molecule has 0 aromatic carbocycles. The van der Waals surface area contributed by atoms with E-state index >= 15 is 0 Å². The van der Waals surface area contributed by atoms with Crippen LogP contribution in [0.3, 0.4) is 0 Å². The number of hydrogen-bond acceptors (Lipinski definition) is 5. The fourth-order valence-electron chi connectivity index (χ4n) is 1.73. The van der Waals surface area contributed by atoms with Gasteiger partial charge in [-0.25, -0.2) is 13.1 Å². The zero-order valence-corrected chi connectivity index (χ0v) is 13.5. The number of rotatable bonds is 7. The first kappa shape index (κ1) is 17.0. The number of carboxylic acids is 1. The molecule has 0 amide bonds. The number of carbonyl (C=O) groups is 1. The average molecular weight is 321 g/mol. The molecule has 0 aliphatic heterocycles. The van der Waals surface area contributed by atoms with Crippen LogP contribution in [0.1, 0.15) is 18.3 Å². The molecule has 7 nitrogen and oxygen atoms in total. The Balaban J connectivity index is 3.06. The van der Waals surface area contributed by atoms with Crippen LogP contribution in [0.4, 0.5) is 0 Å². The Labute approximate surface area is 122 Å². The van der Waals surface area contributed by atoms with E-state index in [4.69, 9.17) is 5.11 Å². The number of thioether (sulfide) groups is 1. The second-order valence-electron chi connectivity index (χ2n) is 4.45. The summed E-state index contributed by atoms with van der Waals surface area (Å²) in [5.41, 5.74) is 0.627. The van der Waals surface area contributed by atoms with E-state index in [2.05, 4.69) is 9.82 Å². The van der Waals surface area contributed by atoms with Crippen molar-refractivity contribution >= 4 is 27.8 Å². The van der Waals surface area contributed by atoms with Crippen LogP contribution in [0.15, 0.2) is 4.90 Å². The molecule has 1 rings (SSSR count). The van der Waals surface area contributed by atoms with Gasteiger partial charge in [-0.3, -0.25) is 9.48 Å². The summed E-state index contributed by atoms with van der Waals surface area (Å²) in [4.78, 5) is 10.8. The van der Waals surface area contributed by atoms with E-state index in [-0.39, 0.29) is 16.7 Å². The smallest absolute Gasteiger partial charge is 0.325 e. The van der Waals surface area contributed by atoms with E-state index < -0.39 is 16.0 Å². The first-order chi connectivity index (χ1) is 9.19. The van der Waals surface area contributed by atoms with Gasteiger partial charge in [0.05, 0.1) is 11.4 Å². The normalized spacial score (nSPS) is 13.4. The van der Waals surface area contributed by atoms with Gasteiger partial charge in [-0.1, -0.05) is 6.92 Å². The summed E-state index contributed by atoms with van der Waals surface area (Å²) in [5, 5.41) is 12.9. The third-order valence-corrected chi connectivity index (χ3v) is 5.48. The van der Waals surface area contributed by atoms with E-state index in [1.807, 2.05) is 13.2 Å². The van der Waals surface area contributed by atoms with Crippen LogP contribution in [0.5, 0.6) is 0 Å². The lowest BCUT2D eigenvalue weighted by Gasteiger charge is -2.11. The Hall–Kier alpha value is -1.06. The summed E-state index contributed by atoms with van der Waals surface area (Å²) >= 11 is 1.56. The van der Waals surface area contributed by atoms with Crippen molar-refractivity contribution in [3.05, 3.63) is 11.4 Å². The lowest BCUT2D eigenvalue weighted by atomic mass is 10.4. The molecule has 114 valence electrons. The maximum atomic E-state index is 12.3. The molecular formula is C11H19N3O4S2. The van der Waals surface area contributed by atoms with Crippen molar-refractivity contribution in [3.63, 3.8) is 0 Å². The summed E-state index contributed by atoms with van der Waals surface area (Å²) in [5.74, 6) is -1.07. The van der Waals surface area contributed by atoms with Crippen LogP contribution >= 0.6 is 11.8 Å².